The van der Waals surface area contributed by atoms with Gasteiger partial charge in [0, 0.05) is 25.2 Å². The molecular weight excluding hydrogens is 370 g/mol. The molecule has 0 bridgehead atoms. The predicted octanol–water partition coefficient (Wildman–Crippen LogP) is 3.29. The van der Waals surface area contributed by atoms with Gasteiger partial charge in [0.25, 0.3) is 0 Å². The van der Waals surface area contributed by atoms with Gasteiger partial charge in [-0.2, -0.15) is 0 Å². The van der Waals surface area contributed by atoms with E-state index in [0.29, 0.717) is 38.4 Å². The number of fused-ring (bicyclic) bond motifs is 1. The van der Waals surface area contributed by atoms with Gasteiger partial charge in [0.1, 0.15) is 16.9 Å². The van der Waals surface area contributed by atoms with E-state index in [1.165, 1.54) is 0 Å². The number of aliphatic carboxylic acids is 1. The molecule has 6 nitrogen and oxygen atoms in total. The molecule has 0 amide bonds. The second-order valence-electron chi connectivity index (χ2n) is 8.46. The number of likely N-dealkylation sites (tertiary alicyclic amines) is 1. The van der Waals surface area contributed by atoms with Gasteiger partial charge in [-0.3, -0.25) is 9.69 Å². The number of nitrogens with zero attached hydrogens (tertiary/aromatic N) is 1. The third kappa shape index (κ3) is 3.79. The molecule has 0 unspecified atom stereocenters. The Morgan fingerprint density at radius 2 is 1.93 bits per heavy atom. The van der Waals surface area contributed by atoms with Crippen molar-refractivity contribution in [1.29, 1.82) is 0 Å². The SMILES string of the molecule is COc1ccc2ccc(OC)c(CN3CC[C@@H](O)[C@](CC4CC4)(C(=O)O)C3)c2c1. The maximum absolute atomic E-state index is 12.2. The quantitative estimate of drug-likeness (QED) is 0.744. The number of rotatable bonds is 7. The molecular formula is C23H29NO5. The molecule has 1 heterocycles. The minimum atomic E-state index is -1.09. The lowest BCUT2D eigenvalue weighted by molar-refractivity contribution is -0.165. The summed E-state index contributed by atoms with van der Waals surface area (Å²) in [5.41, 5.74) is -0.0689. The van der Waals surface area contributed by atoms with Crippen LogP contribution in [0.3, 0.4) is 0 Å². The van der Waals surface area contributed by atoms with Crippen LogP contribution in [0.4, 0.5) is 0 Å². The van der Waals surface area contributed by atoms with Crippen molar-refractivity contribution in [1.82, 2.24) is 4.90 Å². The second kappa shape index (κ2) is 7.84. The number of carboxylic acids is 1. The molecule has 1 saturated carbocycles. The summed E-state index contributed by atoms with van der Waals surface area (Å²) in [4.78, 5) is 14.4. The van der Waals surface area contributed by atoms with Gasteiger partial charge >= 0.3 is 5.97 Å². The average Bonchev–Trinajstić information content (AvgIpc) is 3.54. The molecule has 6 heteroatoms. The number of benzene rings is 2. The summed E-state index contributed by atoms with van der Waals surface area (Å²) in [6, 6.07) is 9.93. The van der Waals surface area contributed by atoms with Crippen molar-refractivity contribution in [2.45, 2.75) is 38.3 Å². The van der Waals surface area contributed by atoms with Gasteiger partial charge in [0.15, 0.2) is 0 Å². The molecule has 156 valence electrons. The molecule has 2 atom stereocenters. The van der Waals surface area contributed by atoms with Crippen molar-refractivity contribution in [2.24, 2.45) is 11.3 Å². The van der Waals surface area contributed by atoms with Crippen molar-refractivity contribution < 1.29 is 24.5 Å². The van der Waals surface area contributed by atoms with E-state index in [1.54, 1.807) is 14.2 Å². The van der Waals surface area contributed by atoms with E-state index in [-0.39, 0.29) is 0 Å². The normalized spacial score (nSPS) is 25.1. The lowest BCUT2D eigenvalue weighted by atomic mass is 9.73. The smallest absolute Gasteiger partial charge is 0.313 e. The van der Waals surface area contributed by atoms with Crippen molar-refractivity contribution >= 4 is 16.7 Å². The highest BCUT2D eigenvalue weighted by atomic mass is 16.5. The molecule has 2 fully saturated rings. The van der Waals surface area contributed by atoms with Gasteiger partial charge in [-0.05, 0) is 47.7 Å². The highest BCUT2D eigenvalue weighted by Gasteiger charge is 2.51. The lowest BCUT2D eigenvalue weighted by Gasteiger charge is -2.43. The number of hydrogen-bond donors (Lipinski definition) is 2. The molecule has 1 saturated heterocycles. The molecule has 4 rings (SSSR count). The molecule has 2 aromatic rings. The topological polar surface area (TPSA) is 79.2 Å². The number of carboxylic acid groups (broad SMARTS) is 1. The Hall–Kier alpha value is -2.31. The number of aliphatic hydroxyl groups is 1. The Morgan fingerprint density at radius 3 is 2.59 bits per heavy atom. The van der Waals surface area contributed by atoms with Crippen LogP contribution in [0.2, 0.25) is 0 Å². The minimum Gasteiger partial charge on any atom is -0.497 e. The van der Waals surface area contributed by atoms with Crippen molar-refractivity contribution in [3.63, 3.8) is 0 Å². The number of methoxy groups -OCH3 is 2. The Kier molecular flexibility index (Phi) is 5.40. The Morgan fingerprint density at radius 1 is 1.17 bits per heavy atom. The molecule has 0 radical (unpaired) electrons. The third-order valence-corrected chi connectivity index (χ3v) is 6.54. The van der Waals surface area contributed by atoms with Crippen LogP contribution in [0.1, 0.15) is 31.2 Å². The zero-order chi connectivity index (χ0) is 20.6. The number of hydrogen-bond acceptors (Lipinski definition) is 5. The number of ether oxygens (including phenoxy) is 2. The van der Waals surface area contributed by atoms with Gasteiger partial charge in [-0.25, -0.2) is 0 Å². The Labute approximate surface area is 171 Å². The number of piperidine rings is 1. The van der Waals surface area contributed by atoms with Gasteiger partial charge in [-0.1, -0.05) is 25.0 Å². The van der Waals surface area contributed by atoms with Gasteiger partial charge in [-0.15, -0.1) is 0 Å². The number of aliphatic hydroxyl groups excluding tert-OH is 1. The maximum atomic E-state index is 12.2. The summed E-state index contributed by atoms with van der Waals surface area (Å²) >= 11 is 0. The molecule has 2 N–H and O–H groups in total. The van der Waals surface area contributed by atoms with Crippen LogP contribution in [0.5, 0.6) is 11.5 Å². The first-order valence-corrected chi connectivity index (χ1v) is 10.2. The molecule has 1 aliphatic heterocycles. The summed E-state index contributed by atoms with van der Waals surface area (Å²) in [5.74, 6) is 1.10. The first-order valence-electron chi connectivity index (χ1n) is 10.2. The zero-order valence-electron chi connectivity index (χ0n) is 17.1. The number of carbonyl (C=O) groups is 1. The molecule has 0 spiro atoms. The molecule has 0 aromatic heterocycles. The van der Waals surface area contributed by atoms with Crippen molar-refractivity contribution in [3.8, 4) is 11.5 Å². The van der Waals surface area contributed by atoms with Crippen molar-refractivity contribution in [2.75, 3.05) is 27.3 Å². The van der Waals surface area contributed by atoms with E-state index in [9.17, 15) is 15.0 Å². The van der Waals surface area contributed by atoms with Gasteiger partial charge < -0.3 is 19.7 Å². The van der Waals surface area contributed by atoms with Crippen LogP contribution < -0.4 is 9.47 Å². The van der Waals surface area contributed by atoms with E-state index in [1.807, 2.05) is 30.3 Å². The largest absolute Gasteiger partial charge is 0.497 e. The summed E-state index contributed by atoms with van der Waals surface area (Å²) in [7, 11) is 3.30. The van der Waals surface area contributed by atoms with Crippen molar-refractivity contribution in [3.05, 3.63) is 35.9 Å². The van der Waals surface area contributed by atoms with E-state index in [2.05, 4.69) is 4.90 Å². The van der Waals surface area contributed by atoms with Crippen LogP contribution in [-0.4, -0.2) is 54.5 Å². The fourth-order valence-corrected chi connectivity index (χ4v) is 4.68. The van der Waals surface area contributed by atoms with Gasteiger partial charge in [0.2, 0.25) is 0 Å². The monoisotopic (exact) mass is 399 g/mol. The molecule has 1 aliphatic carbocycles. The van der Waals surface area contributed by atoms with E-state index in [0.717, 1.165) is 40.7 Å². The molecule has 2 aromatic carbocycles. The van der Waals surface area contributed by atoms with Crippen LogP contribution in [0.25, 0.3) is 10.8 Å². The van der Waals surface area contributed by atoms with E-state index < -0.39 is 17.5 Å². The summed E-state index contributed by atoms with van der Waals surface area (Å²) in [6.07, 6.45) is 2.36. The fraction of sp³-hybridized carbons (Fsp3) is 0.522. The Bertz CT molecular complexity index is 904. The summed E-state index contributed by atoms with van der Waals surface area (Å²) < 4.78 is 11.0. The molecule has 2 aliphatic rings. The van der Waals surface area contributed by atoms with Crippen LogP contribution in [0.15, 0.2) is 30.3 Å². The minimum absolute atomic E-state index is 0.351. The highest BCUT2D eigenvalue weighted by molar-refractivity contribution is 5.89. The molecule has 29 heavy (non-hydrogen) atoms. The van der Waals surface area contributed by atoms with E-state index in [4.69, 9.17) is 9.47 Å². The van der Waals surface area contributed by atoms with Crippen LogP contribution in [-0.2, 0) is 11.3 Å². The standard InChI is InChI=1S/C23H29NO5/c1-28-17-7-5-16-6-8-20(29-2)19(18(16)11-17)13-24-10-9-21(25)23(14-24,22(26)27)12-15-3-4-15/h5-8,11,15,21,25H,3-4,9-10,12-14H2,1-2H3,(H,26,27)/t21-,23-/m1/s1. The van der Waals surface area contributed by atoms with Crippen LogP contribution in [0, 0.1) is 11.3 Å². The average molecular weight is 399 g/mol. The first kappa shape index (κ1) is 20.0. The zero-order valence-corrected chi connectivity index (χ0v) is 17.1. The van der Waals surface area contributed by atoms with E-state index >= 15 is 0 Å². The third-order valence-electron chi connectivity index (χ3n) is 6.54. The second-order valence-corrected chi connectivity index (χ2v) is 8.46. The van der Waals surface area contributed by atoms with Gasteiger partial charge in [0.05, 0.1) is 20.3 Å². The first-order chi connectivity index (χ1) is 14.0. The highest BCUT2D eigenvalue weighted by Crippen LogP contribution is 2.45. The van der Waals surface area contributed by atoms with Crippen LogP contribution >= 0.6 is 0 Å². The fourth-order valence-electron chi connectivity index (χ4n) is 4.68. The lowest BCUT2D eigenvalue weighted by Crippen LogP contribution is -2.56. The maximum Gasteiger partial charge on any atom is 0.313 e. The Balaban J connectivity index is 1.67. The summed E-state index contributed by atoms with van der Waals surface area (Å²) in [6.45, 7) is 1.58. The summed E-state index contributed by atoms with van der Waals surface area (Å²) in [5, 5.41) is 22.8. The predicted molar refractivity (Wildman–Crippen MR) is 110 cm³/mol.